The first-order valence-corrected chi connectivity index (χ1v) is 9.98. The molecule has 4 rings (SSSR count). The fraction of sp³-hybridized carbons (Fsp3) is 0.375. The normalized spacial score (nSPS) is 18.6. The highest BCUT2D eigenvalue weighted by molar-refractivity contribution is 6.18. The van der Waals surface area contributed by atoms with E-state index in [0.29, 0.717) is 18.4 Å². The van der Waals surface area contributed by atoms with Crippen LogP contribution in [-0.4, -0.2) is 16.7 Å². The Morgan fingerprint density at radius 3 is 2.54 bits per heavy atom. The fourth-order valence-corrected chi connectivity index (χ4v) is 4.71. The summed E-state index contributed by atoms with van der Waals surface area (Å²) in [6.07, 6.45) is 4.75. The number of hydrogen-bond acceptors (Lipinski definition) is 3. The summed E-state index contributed by atoms with van der Waals surface area (Å²) in [6, 6.07) is 10.6. The molecule has 3 nitrogen and oxygen atoms in total. The molecule has 1 spiro atoms. The number of carbonyl (C=O) groups is 1. The maximum absolute atomic E-state index is 13.8. The van der Waals surface area contributed by atoms with E-state index < -0.39 is 11.6 Å². The third kappa shape index (κ3) is 3.21. The van der Waals surface area contributed by atoms with Crippen LogP contribution in [0.25, 0.3) is 16.7 Å². The topological polar surface area (TPSA) is 46.5 Å². The second-order valence-corrected chi connectivity index (χ2v) is 7.97. The molecule has 4 heteroatoms. The number of benzene rings is 2. The summed E-state index contributed by atoms with van der Waals surface area (Å²) in [5.74, 6) is -0.580. The third-order valence-electron chi connectivity index (χ3n) is 6.01. The molecular formula is C24H25FO3. The smallest absolute Gasteiger partial charge is 0.342 e. The summed E-state index contributed by atoms with van der Waals surface area (Å²) in [6.45, 7) is 3.88. The van der Waals surface area contributed by atoms with Crippen LogP contribution in [0.5, 0.6) is 0 Å². The lowest BCUT2D eigenvalue weighted by Gasteiger charge is -2.33. The molecule has 2 aromatic carbocycles. The zero-order valence-corrected chi connectivity index (χ0v) is 16.3. The molecule has 1 heterocycles. The minimum absolute atomic E-state index is 0.113. The van der Waals surface area contributed by atoms with E-state index in [4.69, 9.17) is 4.74 Å². The van der Waals surface area contributed by atoms with Crippen molar-refractivity contribution in [2.75, 3.05) is 0 Å². The van der Waals surface area contributed by atoms with Gasteiger partial charge in [0.05, 0.1) is 0 Å². The van der Waals surface area contributed by atoms with Gasteiger partial charge in [-0.2, -0.15) is 0 Å². The van der Waals surface area contributed by atoms with Gasteiger partial charge in [0.1, 0.15) is 22.8 Å². The van der Waals surface area contributed by atoms with E-state index in [-0.39, 0.29) is 17.1 Å². The molecular weight excluding hydrogens is 355 g/mol. The summed E-state index contributed by atoms with van der Waals surface area (Å²) in [5, 5.41) is 10.7. The Morgan fingerprint density at radius 1 is 1.14 bits per heavy atom. The largest absolute Gasteiger partial charge is 0.511 e. The first-order valence-electron chi connectivity index (χ1n) is 9.98. The van der Waals surface area contributed by atoms with E-state index in [0.717, 1.165) is 47.9 Å². The quantitative estimate of drug-likeness (QED) is 0.675. The first-order chi connectivity index (χ1) is 13.4. The molecule has 1 fully saturated rings. The van der Waals surface area contributed by atoms with Gasteiger partial charge < -0.3 is 9.84 Å². The van der Waals surface area contributed by atoms with Crippen molar-refractivity contribution in [3.8, 4) is 11.1 Å². The van der Waals surface area contributed by atoms with Gasteiger partial charge in [0.25, 0.3) is 0 Å². The van der Waals surface area contributed by atoms with Crippen LogP contribution < -0.4 is 0 Å². The Bertz CT molecular complexity index is 968. The van der Waals surface area contributed by atoms with Crippen LogP contribution >= 0.6 is 0 Å². The Morgan fingerprint density at radius 2 is 1.86 bits per heavy atom. The number of rotatable bonds is 3. The van der Waals surface area contributed by atoms with Gasteiger partial charge in [-0.15, -0.1) is 0 Å². The van der Waals surface area contributed by atoms with Crippen LogP contribution in [0.2, 0.25) is 0 Å². The third-order valence-corrected chi connectivity index (χ3v) is 6.01. The highest BCUT2D eigenvalue weighted by Crippen LogP contribution is 2.44. The molecule has 0 radical (unpaired) electrons. The second kappa shape index (κ2) is 7.08. The maximum atomic E-state index is 13.8. The molecule has 1 saturated carbocycles. The summed E-state index contributed by atoms with van der Waals surface area (Å²) < 4.78 is 19.6. The van der Waals surface area contributed by atoms with Crippen molar-refractivity contribution in [1.82, 2.24) is 0 Å². The van der Waals surface area contributed by atoms with Gasteiger partial charge in [0, 0.05) is 6.42 Å². The monoisotopic (exact) mass is 380 g/mol. The lowest BCUT2D eigenvalue weighted by atomic mass is 9.88. The number of esters is 1. The number of carbonyl (C=O) groups excluding carboxylic acids is 1. The van der Waals surface area contributed by atoms with Crippen molar-refractivity contribution >= 4 is 11.5 Å². The van der Waals surface area contributed by atoms with Crippen molar-refractivity contribution in [1.29, 1.82) is 0 Å². The van der Waals surface area contributed by atoms with Crippen LogP contribution in [0.1, 0.15) is 55.7 Å². The predicted molar refractivity (Wildman–Crippen MR) is 107 cm³/mol. The van der Waals surface area contributed by atoms with Crippen LogP contribution in [0, 0.1) is 12.7 Å². The lowest BCUT2D eigenvalue weighted by molar-refractivity contribution is -0.154. The van der Waals surface area contributed by atoms with Crippen molar-refractivity contribution in [3.63, 3.8) is 0 Å². The van der Waals surface area contributed by atoms with Crippen LogP contribution in [0.15, 0.2) is 42.2 Å². The lowest BCUT2D eigenvalue weighted by Crippen LogP contribution is -2.37. The van der Waals surface area contributed by atoms with E-state index in [1.54, 1.807) is 6.07 Å². The summed E-state index contributed by atoms with van der Waals surface area (Å²) in [7, 11) is 0. The number of aryl methyl sites for hydroxylation is 2. The van der Waals surface area contributed by atoms with E-state index in [1.165, 1.54) is 6.07 Å². The van der Waals surface area contributed by atoms with Gasteiger partial charge in [-0.25, -0.2) is 9.18 Å². The van der Waals surface area contributed by atoms with Gasteiger partial charge in [-0.05, 0) is 85.0 Å². The average Bonchev–Trinajstić information content (AvgIpc) is 3.07. The Kier molecular flexibility index (Phi) is 4.74. The highest BCUT2D eigenvalue weighted by atomic mass is 19.1. The molecule has 1 aliphatic carbocycles. The number of hydrogen-bond donors (Lipinski definition) is 1. The fourth-order valence-electron chi connectivity index (χ4n) is 4.71. The minimum atomic E-state index is -0.523. The Labute approximate surface area is 164 Å². The standard InChI is InChI=1S/C24H25FO3/c1-3-16-13-19(25)11-15(2)21(16)17-7-6-8-18(12-17)22-20(26)14-24(28-23(22)27)9-4-5-10-24/h6-8,11-13,26H,3-5,9-10,14H2,1-2H3. The number of aliphatic hydroxyl groups is 1. The average molecular weight is 380 g/mol. The van der Waals surface area contributed by atoms with E-state index in [1.807, 2.05) is 38.1 Å². The maximum Gasteiger partial charge on any atom is 0.342 e. The van der Waals surface area contributed by atoms with Crippen molar-refractivity contribution in [2.24, 2.45) is 0 Å². The summed E-state index contributed by atoms with van der Waals surface area (Å²) in [5.41, 5.74) is 4.01. The molecule has 146 valence electrons. The van der Waals surface area contributed by atoms with E-state index >= 15 is 0 Å². The molecule has 0 amide bonds. The number of aliphatic hydroxyl groups excluding tert-OH is 1. The van der Waals surface area contributed by atoms with Gasteiger partial charge in [-0.1, -0.05) is 25.1 Å². The van der Waals surface area contributed by atoms with Crippen molar-refractivity contribution in [3.05, 3.63) is 64.7 Å². The van der Waals surface area contributed by atoms with Gasteiger partial charge in [-0.3, -0.25) is 0 Å². The zero-order valence-electron chi connectivity index (χ0n) is 16.3. The zero-order chi connectivity index (χ0) is 19.9. The molecule has 0 unspecified atom stereocenters. The van der Waals surface area contributed by atoms with Gasteiger partial charge in [0.2, 0.25) is 0 Å². The molecule has 0 aromatic heterocycles. The molecule has 0 saturated heterocycles. The van der Waals surface area contributed by atoms with E-state index in [9.17, 15) is 14.3 Å². The molecule has 1 aliphatic heterocycles. The van der Waals surface area contributed by atoms with Gasteiger partial charge >= 0.3 is 5.97 Å². The Balaban J connectivity index is 1.77. The molecule has 2 aromatic rings. The number of halogens is 1. The molecule has 2 aliphatic rings. The SMILES string of the molecule is CCc1cc(F)cc(C)c1-c1cccc(C2=C(O)CC3(CCCC3)OC2=O)c1. The van der Waals surface area contributed by atoms with Crippen LogP contribution in [0.3, 0.4) is 0 Å². The molecule has 0 bridgehead atoms. The molecule has 28 heavy (non-hydrogen) atoms. The minimum Gasteiger partial charge on any atom is -0.511 e. The first kappa shape index (κ1) is 18.7. The highest BCUT2D eigenvalue weighted by Gasteiger charge is 2.44. The van der Waals surface area contributed by atoms with Gasteiger partial charge in [0.15, 0.2) is 0 Å². The van der Waals surface area contributed by atoms with Crippen molar-refractivity contribution in [2.45, 2.75) is 58.0 Å². The summed E-state index contributed by atoms with van der Waals surface area (Å²) >= 11 is 0. The molecule has 0 atom stereocenters. The van der Waals surface area contributed by atoms with Crippen LogP contribution in [-0.2, 0) is 16.0 Å². The van der Waals surface area contributed by atoms with Crippen molar-refractivity contribution < 1.29 is 19.0 Å². The van der Waals surface area contributed by atoms with Crippen LogP contribution in [0.4, 0.5) is 4.39 Å². The molecule has 1 N–H and O–H groups in total. The summed E-state index contributed by atoms with van der Waals surface area (Å²) in [4.78, 5) is 12.8. The predicted octanol–water partition coefficient (Wildman–Crippen LogP) is 5.89. The second-order valence-electron chi connectivity index (χ2n) is 7.97. The number of ether oxygens (including phenoxy) is 1. The van der Waals surface area contributed by atoms with E-state index in [2.05, 4.69) is 0 Å². The Hall–Kier alpha value is -2.62.